The van der Waals surface area contributed by atoms with Gasteiger partial charge in [0.1, 0.15) is 0 Å². The van der Waals surface area contributed by atoms with Gasteiger partial charge in [0.2, 0.25) is 0 Å². The summed E-state index contributed by atoms with van der Waals surface area (Å²) in [6.07, 6.45) is 11.6. The zero-order chi connectivity index (χ0) is 13.0. The van der Waals surface area contributed by atoms with Gasteiger partial charge in [-0.1, -0.05) is 32.6 Å². The lowest BCUT2D eigenvalue weighted by Gasteiger charge is -2.25. The van der Waals surface area contributed by atoms with E-state index in [4.69, 9.17) is 0 Å². The van der Waals surface area contributed by atoms with Crippen molar-refractivity contribution in [2.45, 2.75) is 57.9 Å². The van der Waals surface area contributed by atoms with E-state index < -0.39 is 0 Å². The molecule has 3 heteroatoms. The van der Waals surface area contributed by atoms with Gasteiger partial charge in [-0.2, -0.15) is 5.10 Å². The van der Waals surface area contributed by atoms with Crippen LogP contribution in [0.25, 0.3) is 0 Å². The molecule has 2 rings (SSSR count). The molecule has 1 aromatic heterocycles. The maximum absolute atomic E-state index is 4.59. The van der Waals surface area contributed by atoms with Crippen LogP contribution in [-0.4, -0.2) is 16.8 Å². The molecule has 3 nitrogen and oxygen atoms in total. The minimum Gasteiger partial charge on any atom is -0.313 e. The van der Waals surface area contributed by atoms with Crippen molar-refractivity contribution in [2.75, 3.05) is 7.05 Å². The molecule has 0 amide bonds. The van der Waals surface area contributed by atoms with Crippen LogP contribution >= 0.6 is 0 Å². The molecule has 0 saturated heterocycles. The molecule has 1 unspecified atom stereocenters. The average molecular weight is 249 g/mol. The van der Waals surface area contributed by atoms with Crippen molar-refractivity contribution < 1.29 is 0 Å². The maximum atomic E-state index is 4.59. The molecule has 18 heavy (non-hydrogen) atoms. The third kappa shape index (κ3) is 2.94. The summed E-state index contributed by atoms with van der Waals surface area (Å²) in [4.78, 5) is 0. The smallest absolute Gasteiger partial charge is 0.0669 e. The first-order valence-electron chi connectivity index (χ1n) is 7.46. The van der Waals surface area contributed by atoms with Crippen LogP contribution in [0, 0.1) is 5.92 Å². The van der Waals surface area contributed by atoms with Gasteiger partial charge in [-0.05, 0) is 32.2 Å². The lowest BCUT2D eigenvalue weighted by molar-refractivity contribution is 0.340. The molecule has 0 aliphatic heterocycles. The Kier molecular flexibility index (Phi) is 4.81. The Morgan fingerprint density at radius 1 is 1.33 bits per heavy atom. The van der Waals surface area contributed by atoms with Gasteiger partial charge in [0.15, 0.2) is 0 Å². The summed E-state index contributed by atoms with van der Waals surface area (Å²) in [6, 6.07) is 0.492. The van der Waals surface area contributed by atoms with E-state index >= 15 is 0 Å². The summed E-state index contributed by atoms with van der Waals surface area (Å²) in [7, 11) is 4.13. The number of aryl methyl sites for hydroxylation is 2. The zero-order valence-electron chi connectivity index (χ0n) is 12.1. The highest BCUT2D eigenvalue weighted by atomic mass is 15.3. The van der Waals surface area contributed by atoms with Crippen molar-refractivity contribution in [3.63, 3.8) is 0 Å². The summed E-state index contributed by atoms with van der Waals surface area (Å²) in [5.41, 5.74) is 2.69. The number of aromatic nitrogens is 2. The number of nitrogens with zero attached hydrogens (tertiary/aromatic N) is 2. The Labute approximate surface area is 111 Å². The number of hydrogen-bond donors (Lipinski definition) is 1. The zero-order valence-corrected chi connectivity index (χ0v) is 12.1. The molecule has 1 saturated carbocycles. The first kappa shape index (κ1) is 13.6. The first-order chi connectivity index (χ1) is 8.76. The normalized spacial score (nSPS) is 19.7. The molecule has 1 aliphatic carbocycles. The van der Waals surface area contributed by atoms with E-state index in [1.54, 1.807) is 0 Å². The molecule has 0 radical (unpaired) electrons. The van der Waals surface area contributed by atoms with Crippen LogP contribution in [0.3, 0.4) is 0 Å². The van der Waals surface area contributed by atoms with E-state index in [2.05, 4.69) is 30.6 Å². The fourth-order valence-corrected chi connectivity index (χ4v) is 3.38. The molecule has 1 atom stereocenters. The van der Waals surface area contributed by atoms with Crippen molar-refractivity contribution in [1.29, 1.82) is 0 Å². The van der Waals surface area contributed by atoms with Crippen LogP contribution in [0.5, 0.6) is 0 Å². The third-order valence-electron chi connectivity index (χ3n) is 4.29. The van der Waals surface area contributed by atoms with Gasteiger partial charge in [-0.3, -0.25) is 4.68 Å². The molecule has 0 aromatic carbocycles. The second-order valence-electron chi connectivity index (χ2n) is 5.58. The fraction of sp³-hybridized carbons (Fsp3) is 0.800. The summed E-state index contributed by atoms with van der Waals surface area (Å²) in [5, 5.41) is 8.14. The number of hydrogen-bond acceptors (Lipinski definition) is 2. The summed E-state index contributed by atoms with van der Waals surface area (Å²) >= 11 is 0. The molecular formula is C15H27N3. The Morgan fingerprint density at radius 2 is 2.00 bits per heavy atom. The van der Waals surface area contributed by atoms with Crippen molar-refractivity contribution in [3.8, 4) is 0 Å². The molecule has 1 aromatic rings. The van der Waals surface area contributed by atoms with E-state index in [0.717, 1.165) is 12.3 Å². The maximum Gasteiger partial charge on any atom is 0.0669 e. The average Bonchev–Trinajstić information content (AvgIpc) is 2.58. The Hall–Kier alpha value is -0.830. The Bertz CT molecular complexity index is 362. The van der Waals surface area contributed by atoms with Crippen LogP contribution in [-0.2, 0) is 13.5 Å². The van der Waals surface area contributed by atoms with E-state index in [1.807, 2.05) is 11.7 Å². The predicted octanol–water partition coefficient (Wildman–Crippen LogP) is 3.21. The van der Waals surface area contributed by atoms with Crippen molar-refractivity contribution in [3.05, 3.63) is 17.5 Å². The highest BCUT2D eigenvalue weighted by Crippen LogP contribution is 2.34. The molecule has 102 valence electrons. The van der Waals surface area contributed by atoms with E-state index in [1.165, 1.54) is 49.8 Å². The lowest BCUT2D eigenvalue weighted by Crippen LogP contribution is -2.25. The quantitative estimate of drug-likeness (QED) is 0.830. The van der Waals surface area contributed by atoms with E-state index in [-0.39, 0.29) is 0 Å². The lowest BCUT2D eigenvalue weighted by atomic mass is 9.87. The molecule has 1 heterocycles. The third-order valence-corrected chi connectivity index (χ3v) is 4.29. The Balaban J connectivity index is 2.20. The van der Waals surface area contributed by atoms with E-state index in [9.17, 15) is 0 Å². The van der Waals surface area contributed by atoms with Gasteiger partial charge in [0, 0.05) is 24.8 Å². The summed E-state index contributed by atoms with van der Waals surface area (Å²) < 4.78 is 1.97. The fourth-order valence-electron chi connectivity index (χ4n) is 3.38. The highest BCUT2D eigenvalue weighted by molar-refractivity contribution is 5.22. The van der Waals surface area contributed by atoms with Gasteiger partial charge >= 0.3 is 0 Å². The molecular weight excluding hydrogens is 222 g/mol. The van der Waals surface area contributed by atoms with Crippen LogP contribution in [0.2, 0.25) is 0 Å². The van der Waals surface area contributed by atoms with Crippen LogP contribution in [0.1, 0.15) is 62.7 Å². The monoisotopic (exact) mass is 249 g/mol. The minimum absolute atomic E-state index is 0.492. The second-order valence-corrected chi connectivity index (χ2v) is 5.58. The van der Waals surface area contributed by atoms with Gasteiger partial charge in [-0.15, -0.1) is 0 Å². The largest absolute Gasteiger partial charge is 0.313 e. The second kappa shape index (κ2) is 6.37. The number of rotatable bonds is 4. The SMILES string of the molecule is CCc1nn(C)cc1C(NC)C1CCCCCC1. The Morgan fingerprint density at radius 3 is 2.56 bits per heavy atom. The van der Waals surface area contributed by atoms with Crippen LogP contribution in [0.15, 0.2) is 6.20 Å². The molecule has 1 aliphatic rings. The van der Waals surface area contributed by atoms with Gasteiger partial charge in [0.25, 0.3) is 0 Å². The standard InChI is InChI=1S/C15H27N3/c1-4-14-13(11-18(3)17-14)15(16-2)12-9-7-5-6-8-10-12/h11-12,15-16H,4-10H2,1-3H3. The van der Waals surface area contributed by atoms with Gasteiger partial charge < -0.3 is 5.32 Å². The number of nitrogens with one attached hydrogen (secondary N) is 1. The van der Waals surface area contributed by atoms with Gasteiger partial charge in [-0.25, -0.2) is 0 Å². The molecule has 1 N–H and O–H groups in total. The van der Waals surface area contributed by atoms with Crippen molar-refractivity contribution in [2.24, 2.45) is 13.0 Å². The highest BCUT2D eigenvalue weighted by Gasteiger charge is 2.25. The van der Waals surface area contributed by atoms with Crippen molar-refractivity contribution >= 4 is 0 Å². The topological polar surface area (TPSA) is 29.9 Å². The predicted molar refractivity (Wildman–Crippen MR) is 75.6 cm³/mol. The molecule has 0 spiro atoms. The summed E-state index contributed by atoms with van der Waals surface area (Å²) in [5.74, 6) is 0.784. The van der Waals surface area contributed by atoms with Crippen molar-refractivity contribution in [1.82, 2.24) is 15.1 Å². The first-order valence-corrected chi connectivity index (χ1v) is 7.46. The molecule has 0 bridgehead atoms. The van der Waals surface area contributed by atoms with Crippen LogP contribution < -0.4 is 5.32 Å². The van der Waals surface area contributed by atoms with E-state index in [0.29, 0.717) is 6.04 Å². The molecule has 1 fully saturated rings. The minimum atomic E-state index is 0.492. The summed E-state index contributed by atoms with van der Waals surface area (Å²) in [6.45, 7) is 2.20. The van der Waals surface area contributed by atoms with Gasteiger partial charge in [0.05, 0.1) is 5.69 Å². The van der Waals surface area contributed by atoms with Crippen LogP contribution in [0.4, 0.5) is 0 Å².